The second kappa shape index (κ2) is 9.49. The lowest BCUT2D eigenvalue weighted by Gasteiger charge is -2.23. The van der Waals surface area contributed by atoms with Crippen LogP contribution in [0.25, 0.3) is 11.1 Å². The molecule has 34 heavy (non-hydrogen) atoms. The van der Waals surface area contributed by atoms with Crippen LogP contribution in [0.15, 0.2) is 48.5 Å². The number of carboxylic acid groups (broad SMARTS) is 1. The highest BCUT2D eigenvalue weighted by molar-refractivity contribution is 5.84. The number of benzene rings is 2. The van der Waals surface area contributed by atoms with Crippen LogP contribution in [0.3, 0.4) is 0 Å². The number of carbonyl (C=O) groups excluding carboxylic acids is 2. The molecule has 0 radical (unpaired) electrons. The Bertz CT molecular complexity index is 1050. The van der Waals surface area contributed by atoms with Gasteiger partial charge in [0.25, 0.3) is 0 Å². The van der Waals surface area contributed by atoms with E-state index in [-0.39, 0.29) is 30.4 Å². The zero-order chi connectivity index (χ0) is 23.7. The monoisotopic (exact) mass is 462 g/mol. The molecular weight excluding hydrogens is 432 g/mol. The first-order chi connectivity index (χ1) is 16.5. The Morgan fingerprint density at radius 3 is 2.32 bits per heavy atom. The summed E-state index contributed by atoms with van der Waals surface area (Å²) in [5.41, 5.74) is 4.74. The van der Waals surface area contributed by atoms with Gasteiger partial charge in [0.1, 0.15) is 12.6 Å². The van der Waals surface area contributed by atoms with Crippen LogP contribution in [-0.4, -0.2) is 53.2 Å². The van der Waals surface area contributed by atoms with E-state index in [1.165, 1.54) is 27.2 Å². The van der Waals surface area contributed by atoms with Gasteiger partial charge in [-0.2, -0.15) is 0 Å². The van der Waals surface area contributed by atoms with Crippen molar-refractivity contribution in [2.24, 2.45) is 5.92 Å². The van der Waals surface area contributed by atoms with Crippen molar-refractivity contribution in [2.45, 2.75) is 56.5 Å². The molecule has 7 nitrogen and oxygen atoms in total. The summed E-state index contributed by atoms with van der Waals surface area (Å²) < 4.78 is 5.65. The van der Waals surface area contributed by atoms with Crippen LogP contribution in [0.4, 0.5) is 4.79 Å². The summed E-state index contributed by atoms with van der Waals surface area (Å²) in [5, 5.41) is 12.3. The van der Waals surface area contributed by atoms with Crippen molar-refractivity contribution in [3.05, 3.63) is 59.7 Å². The number of carboxylic acids is 1. The van der Waals surface area contributed by atoms with E-state index in [0.29, 0.717) is 25.8 Å². The van der Waals surface area contributed by atoms with Gasteiger partial charge in [-0.15, -0.1) is 0 Å². The minimum absolute atomic E-state index is 0.0229. The average molecular weight is 463 g/mol. The maximum atomic E-state index is 12.6. The highest BCUT2D eigenvalue weighted by atomic mass is 16.5. The number of nitrogens with zero attached hydrogens (tertiary/aromatic N) is 1. The summed E-state index contributed by atoms with van der Waals surface area (Å²) in [6, 6.07) is 15.8. The van der Waals surface area contributed by atoms with Gasteiger partial charge in [0.05, 0.1) is 0 Å². The van der Waals surface area contributed by atoms with Gasteiger partial charge in [0.15, 0.2) is 0 Å². The lowest BCUT2D eigenvalue weighted by Crippen LogP contribution is -2.41. The fourth-order valence-electron chi connectivity index (χ4n) is 5.88. The Labute approximate surface area is 199 Å². The van der Waals surface area contributed by atoms with E-state index < -0.39 is 18.1 Å². The van der Waals surface area contributed by atoms with Crippen molar-refractivity contribution >= 4 is 18.0 Å². The van der Waals surface area contributed by atoms with Gasteiger partial charge in [-0.3, -0.25) is 4.79 Å². The number of hydrogen-bond donors (Lipinski definition) is 2. The Morgan fingerprint density at radius 1 is 0.971 bits per heavy atom. The van der Waals surface area contributed by atoms with Crippen LogP contribution in [-0.2, 0) is 14.3 Å². The molecule has 2 aromatic carbocycles. The molecule has 0 spiro atoms. The molecule has 3 unspecified atom stereocenters. The molecule has 5 rings (SSSR count). The third kappa shape index (κ3) is 4.39. The molecule has 2 fully saturated rings. The summed E-state index contributed by atoms with van der Waals surface area (Å²) in [4.78, 5) is 38.1. The Hall–Kier alpha value is -3.35. The number of ether oxygens (including phenoxy) is 1. The standard InChI is InChI=1S/C27H30N2O5/c30-25(29-13-5-10-24(29)26(31)32)15-17-11-12-18(14-17)28-27(33)34-16-23-21-8-3-1-6-19(21)20-7-2-4-9-22(20)23/h1-4,6-9,17-18,23-24H,5,10-16H2,(H,28,33)(H,31,32). The van der Waals surface area contributed by atoms with Gasteiger partial charge in [-0.05, 0) is 60.3 Å². The van der Waals surface area contributed by atoms with Crippen LogP contribution >= 0.6 is 0 Å². The number of likely N-dealkylation sites (tertiary alicyclic amines) is 1. The predicted octanol–water partition coefficient (Wildman–Crippen LogP) is 4.16. The third-order valence-electron chi connectivity index (χ3n) is 7.53. The molecule has 2 aromatic rings. The van der Waals surface area contributed by atoms with Gasteiger partial charge in [0, 0.05) is 24.9 Å². The number of carbonyl (C=O) groups is 3. The van der Waals surface area contributed by atoms with E-state index in [1.807, 2.05) is 24.3 Å². The second-order valence-electron chi connectivity index (χ2n) is 9.63. The molecule has 1 heterocycles. The van der Waals surface area contributed by atoms with E-state index >= 15 is 0 Å². The highest BCUT2D eigenvalue weighted by Crippen LogP contribution is 2.44. The number of alkyl carbamates (subject to hydrolysis) is 1. The number of amides is 2. The number of nitrogens with one attached hydrogen (secondary N) is 1. The minimum atomic E-state index is -0.924. The summed E-state index contributed by atoms with van der Waals surface area (Å²) in [7, 11) is 0. The lowest BCUT2D eigenvalue weighted by molar-refractivity contribution is -0.148. The van der Waals surface area contributed by atoms with Crippen LogP contribution in [0.1, 0.15) is 55.6 Å². The molecule has 2 N–H and O–H groups in total. The van der Waals surface area contributed by atoms with E-state index in [1.54, 1.807) is 0 Å². The van der Waals surface area contributed by atoms with Crippen molar-refractivity contribution in [1.82, 2.24) is 10.2 Å². The predicted molar refractivity (Wildman–Crippen MR) is 126 cm³/mol. The number of aliphatic carboxylic acids is 1. The summed E-state index contributed by atoms with van der Waals surface area (Å²) in [5.74, 6) is -0.833. The van der Waals surface area contributed by atoms with E-state index in [4.69, 9.17) is 4.74 Å². The highest BCUT2D eigenvalue weighted by Gasteiger charge is 2.36. The SMILES string of the molecule is O=C(NC1CCC(CC(=O)N2CCCC2C(=O)O)C1)OCC1c2ccccc2-c2ccccc21. The van der Waals surface area contributed by atoms with Crippen molar-refractivity contribution in [3.63, 3.8) is 0 Å². The first-order valence-electron chi connectivity index (χ1n) is 12.1. The number of hydrogen-bond acceptors (Lipinski definition) is 4. The van der Waals surface area contributed by atoms with Crippen LogP contribution in [0, 0.1) is 5.92 Å². The van der Waals surface area contributed by atoms with E-state index in [9.17, 15) is 19.5 Å². The molecular formula is C27H30N2O5. The van der Waals surface area contributed by atoms with Crippen molar-refractivity contribution in [2.75, 3.05) is 13.2 Å². The second-order valence-corrected chi connectivity index (χ2v) is 9.63. The summed E-state index contributed by atoms with van der Waals surface area (Å²) in [6.07, 6.45) is 3.52. The molecule has 0 aromatic heterocycles. The van der Waals surface area contributed by atoms with Crippen molar-refractivity contribution in [3.8, 4) is 11.1 Å². The van der Waals surface area contributed by atoms with Gasteiger partial charge >= 0.3 is 12.1 Å². The summed E-state index contributed by atoms with van der Waals surface area (Å²) >= 11 is 0. The van der Waals surface area contributed by atoms with Crippen LogP contribution in [0.2, 0.25) is 0 Å². The quantitative estimate of drug-likeness (QED) is 0.672. The van der Waals surface area contributed by atoms with Crippen molar-refractivity contribution < 1.29 is 24.2 Å². The average Bonchev–Trinajstić information content (AvgIpc) is 3.56. The number of fused-ring (bicyclic) bond motifs is 3. The van der Waals surface area contributed by atoms with E-state index in [2.05, 4.69) is 29.6 Å². The minimum Gasteiger partial charge on any atom is -0.480 e. The van der Waals surface area contributed by atoms with Crippen LogP contribution in [0.5, 0.6) is 0 Å². The van der Waals surface area contributed by atoms with E-state index in [0.717, 1.165) is 19.3 Å². The maximum absolute atomic E-state index is 12.6. The Balaban J connectivity index is 1.12. The molecule has 7 heteroatoms. The first kappa shape index (κ1) is 22.4. The zero-order valence-electron chi connectivity index (χ0n) is 19.1. The molecule has 0 bridgehead atoms. The third-order valence-corrected chi connectivity index (χ3v) is 7.53. The maximum Gasteiger partial charge on any atom is 0.407 e. The zero-order valence-corrected chi connectivity index (χ0v) is 19.1. The van der Waals surface area contributed by atoms with Gasteiger partial charge in [-0.25, -0.2) is 9.59 Å². The molecule has 1 saturated heterocycles. The molecule has 178 valence electrons. The Morgan fingerprint density at radius 2 is 1.65 bits per heavy atom. The van der Waals surface area contributed by atoms with Crippen molar-refractivity contribution in [1.29, 1.82) is 0 Å². The fourth-order valence-corrected chi connectivity index (χ4v) is 5.88. The smallest absolute Gasteiger partial charge is 0.407 e. The first-order valence-corrected chi connectivity index (χ1v) is 12.1. The molecule has 2 aliphatic carbocycles. The molecule has 2 amide bonds. The summed E-state index contributed by atoms with van der Waals surface area (Å²) in [6.45, 7) is 0.796. The molecule has 3 atom stereocenters. The fraction of sp³-hybridized carbons (Fsp3) is 0.444. The Kier molecular flexibility index (Phi) is 6.26. The molecule has 3 aliphatic rings. The lowest BCUT2D eigenvalue weighted by atomic mass is 9.98. The van der Waals surface area contributed by atoms with Gasteiger partial charge in [0.2, 0.25) is 5.91 Å². The van der Waals surface area contributed by atoms with Gasteiger partial charge < -0.3 is 20.1 Å². The van der Waals surface area contributed by atoms with Gasteiger partial charge in [-0.1, -0.05) is 48.5 Å². The molecule has 1 aliphatic heterocycles. The number of rotatable bonds is 6. The topological polar surface area (TPSA) is 95.9 Å². The largest absolute Gasteiger partial charge is 0.480 e. The normalized spacial score (nSPS) is 23.4. The molecule has 1 saturated carbocycles. The van der Waals surface area contributed by atoms with Crippen LogP contribution < -0.4 is 5.32 Å².